The quantitative estimate of drug-likeness (QED) is 0.528. The largest absolute Gasteiger partial charge is 0.445 e. The van der Waals surface area contributed by atoms with Crippen LogP contribution < -0.4 is 5.32 Å². The summed E-state index contributed by atoms with van der Waals surface area (Å²) in [5.74, 6) is 0. The Labute approximate surface area is 177 Å². The summed E-state index contributed by atoms with van der Waals surface area (Å²) in [7, 11) is 0. The van der Waals surface area contributed by atoms with E-state index in [-0.39, 0.29) is 12.6 Å². The SMILES string of the molecule is O=C(NC(Cc1ccccc1)CC(O)CCc1ccccc1)OCc1cccnc1. The van der Waals surface area contributed by atoms with Gasteiger partial charge in [-0.25, -0.2) is 4.79 Å². The second kappa shape index (κ2) is 11.7. The molecule has 0 aliphatic rings. The van der Waals surface area contributed by atoms with E-state index in [1.54, 1.807) is 18.5 Å². The summed E-state index contributed by atoms with van der Waals surface area (Å²) >= 11 is 0. The molecule has 2 atom stereocenters. The number of alkyl carbamates (subject to hydrolysis) is 1. The number of benzene rings is 2. The van der Waals surface area contributed by atoms with Crippen LogP contribution in [0.3, 0.4) is 0 Å². The summed E-state index contributed by atoms with van der Waals surface area (Å²) in [6.45, 7) is 0.161. The van der Waals surface area contributed by atoms with E-state index in [4.69, 9.17) is 4.74 Å². The van der Waals surface area contributed by atoms with Crippen LogP contribution in [0.2, 0.25) is 0 Å². The lowest BCUT2D eigenvalue weighted by molar-refractivity contribution is 0.119. The summed E-state index contributed by atoms with van der Waals surface area (Å²) in [6, 6.07) is 23.5. The molecule has 3 aromatic rings. The Bertz CT molecular complexity index is 873. The fourth-order valence-electron chi connectivity index (χ4n) is 3.36. The minimum absolute atomic E-state index is 0.161. The van der Waals surface area contributed by atoms with Crippen LogP contribution in [-0.4, -0.2) is 28.3 Å². The molecule has 2 aromatic carbocycles. The van der Waals surface area contributed by atoms with E-state index in [1.165, 1.54) is 5.56 Å². The Morgan fingerprint density at radius 3 is 2.27 bits per heavy atom. The number of amides is 1. The maximum absolute atomic E-state index is 12.3. The number of aliphatic hydroxyl groups is 1. The molecule has 0 saturated heterocycles. The van der Waals surface area contributed by atoms with Crippen molar-refractivity contribution in [2.45, 2.75) is 44.4 Å². The Hall–Kier alpha value is -3.18. The van der Waals surface area contributed by atoms with Gasteiger partial charge in [0.05, 0.1) is 6.10 Å². The maximum atomic E-state index is 12.3. The van der Waals surface area contributed by atoms with Gasteiger partial charge in [0.1, 0.15) is 6.61 Å². The predicted molar refractivity (Wildman–Crippen MR) is 117 cm³/mol. The van der Waals surface area contributed by atoms with E-state index < -0.39 is 12.2 Å². The van der Waals surface area contributed by atoms with Crippen molar-refractivity contribution in [2.75, 3.05) is 0 Å². The summed E-state index contributed by atoms with van der Waals surface area (Å²) in [5, 5.41) is 13.5. The molecule has 1 amide bonds. The Balaban J connectivity index is 1.54. The number of hydrogen-bond acceptors (Lipinski definition) is 4. The number of carbonyl (C=O) groups is 1. The first-order valence-electron chi connectivity index (χ1n) is 10.3. The van der Waals surface area contributed by atoms with Crippen LogP contribution in [0.5, 0.6) is 0 Å². The molecule has 1 aromatic heterocycles. The zero-order valence-corrected chi connectivity index (χ0v) is 17.0. The highest BCUT2D eigenvalue weighted by Gasteiger charge is 2.18. The van der Waals surface area contributed by atoms with Crippen LogP contribution in [0.1, 0.15) is 29.5 Å². The van der Waals surface area contributed by atoms with Crippen LogP contribution in [-0.2, 0) is 24.2 Å². The summed E-state index contributed by atoms with van der Waals surface area (Å²) in [6.07, 6.45) is 4.87. The van der Waals surface area contributed by atoms with Crippen molar-refractivity contribution in [3.63, 3.8) is 0 Å². The number of carbonyl (C=O) groups excluding carboxylic acids is 1. The molecule has 0 saturated carbocycles. The van der Waals surface area contributed by atoms with E-state index in [0.29, 0.717) is 19.3 Å². The molecule has 156 valence electrons. The fraction of sp³-hybridized carbons (Fsp3) is 0.280. The number of nitrogens with one attached hydrogen (secondary N) is 1. The van der Waals surface area contributed by atoms with Gasteiger partial charge in [0.15, 0.2) is 0 Å². The van der Waals surface area contributed by atoms with Gasteiger partial charge in [-0.2, -0.15) is 0 Å². The first-order chi connectivity index (χ1) is 14.7. The van der Waals surface area contributed by atoms with Crippen molar-refractivity contribution < 1.29 is 14.6 Å². The van der Waals surface area contributed by atoms with Crippen molar-refractivity contribution >= 4 is 6.09 Å². The van der Waals surface area contributed by atoms with Crippen molar-refractivity contribution in [2.24, 2.45) is 0 Å². The van der Waals surface area contributed by atoms with Crippen LogP contribution >= 0.6 is 0 Å². The zero-order valence-electron chi connectivity index (χ0n) is 17.0. The highest BCUT2D eigenvalue weighted by atomic mass is 16.5. The molecule has 0 bridgehead atoms. The van der Waals surface area contributed by atoms with E-state index in [0.717, 1.165) is 17.5 Å². The molecule has 2 N–H and O–H groups in total. The van der Waals surface area contributed by atoms with Crippen molar-refractivity contribution in [3.8, 4) is 0 Å². The van der Waals surface area contributed by atoms with Crippen molar-refractivity contribution in [1.29, 1.82) is 0 Å². The van der Waals surface area contributed by atoms with Gasteiger partial charge in [-0.15, -0.1) is 0 Å². The molecule has 1 heterocycles. The van der Waals surface area contributed by atoms with E-state index >= 15 is 0 Å². The molecule has 5 nitrogen and oxygen atoms in total. The van der Waals surface area contributed by atoms with Gasteiger partial charge in [-0.1, -0.05) is 66.7 Å². The van der Waals surface area contributed by atoms with Crippen molar-refractivity contribution in [3.05, 3.63) is 102 Å². The number of ether oxygens (including phenoxy) is 1. The fourth-order valence-corrected chi connectivity index (χ4v) is 3.36. The lowest BCUT2D eigenvalue weighted by Gasteiger charge is -2.22. The summed E-state index contributed by atoms with van der Waals surface area (Å²) in [4.78, 5) is 16.4. The number of aromatic nitrogens is 1. The Kier molecular flexibility index (Phi) is 8.42. The van der Waals surface area contributed by atoms with Gasteiger partial charge in [0.2, 0.25) is 0 Å². The summed E-state index contributed by atoms with van der Waals surface area (Å²) < 4.78 is 5.34. The van der Waals surface area contributed by atoms with Crippen molar-refractivity contribution in [1.82, 2.24) is 10.3 Å². The van der Waals surface area contributed by atoms with Crippen LogP contribution in [0.4, 0.5) is 4.79 Å². The first kappa shape index (κ1) is 21.5. The number of nitrogens with zero attached hydrogens (tertiary/aromatic N) is 1. The molecular weight excluding hydrogens is 376 g/mol. The minimum Gasteiger partial charge on any atom is -0.445 e. The molecule has 30 heavy (non-hydrogen) atoms. The van der Waals surface area contributed by atoms with Gasteiger partial charge in [-0.3, -0.25) is 4.98 Å². The van der Waals surface area contributed by atoms with Gasteiger partial charge >= 0.3 is 6.09 Å². The van der Waals surface area contributed by atoms with Gasteiger partial charge in [-0.05, 0) is 42.9 Å². The monoisotopic (exact) mass is 404 g/mol. The third-order valence-corrected chi connectivity index (χ3v) is 4.91. The third-order valence-electron chi connectivity index (χ3n) is 4.91. The normalized spacial score (nSPS) is 12.7. The van der Waals surface area contributed by atoms with Gasteiger partial charge in [0, 0.05) is 24.0 Å². The number of aryl methyl sites for hydroxylation is 1. The number of aliphatic hydroxyl groups excluding tert-OH is 1. The second-order valence-corrected chi connectivity index (χ2v) is 7.38. The highest BCUT2D eigenvalue weighted by molar-refractivity contribution is 5.67. The first-order valence-corrected chi connectivity index (χ1v) is 10.3. The average Bonchev–Trinajstić information content (AvgIpc) is 2.78. The zero-order chi connectivity index (χ0) is 21.0. The predicted octanol–water partition coefficient (Wildman–Crippen LogP) is 4.30. The number of hydrogen-bond donors (Lipinski definition) is 2. The molecule has 0 fully saturated rings. The van der Waals surface area contributed by atoms with Crippen LogP contribution in [0.15, 0.2) is 85.2 Å². The molecule has 0 spiro atoms. The lowest BCUT2D eigenvalue weighted by Crippen LogP contribution is -2.39. The maximum Gasteiger partial charge on any atom is 0.407 e. The third kappa shape index (κ3) is 7.68. The molecule has 0 radical (unpaired) electrons. The molecule has 0 aliphatic carbocycles. The van der Waals surface area contributed by atoms with Gasteiger partial charge in [0.25, 0.3) is 0 Å². The Morgan fingerprint density at radius 2 is 1.60 bits per heavy atom. The standard InChI is InChI=1S/C25H28N2O3/c28-24(14-13-20-8-3-1-4-9-20)17-23(16-21-10-5-2-6-11-21)27-25(29)30-19-22-12-7-15-26-18-22/h1-12,15,18,23-24,28H,13-14,16-17,19H2,(H,27,29). The summed E-state index contributed by atoms with van der Waals surface area (Å²) in [5.41, 5.74) is 3.13. The van der Waals surface area contributed by atoms with E-state index in [1.807, 2.05) is 54.6 Å². The molecule has 0 aliphatic heterocycles. The van der Waals surface area contributed by atoms with E-state index in [9.17, 15) is 9.90 Å². The second-order valence-electron chi connectivity index (χ2n) is 7.38. The van der Waals surface area contributed by atoms with Gasteiger partial charge < -0.3 is 15.2 Å². The van der Waals surface area contributed by atoms with E-state index in [2.05, 4.69) is 22.4 Å². The molecule has 3 rings (SSSR count). The lowest BCUT2D eigenvalue weighted by atomic mass is 9.97. The average molecular weight is 405 g/mol. The topological polar surface area (TPSA) is 71.5 Å². The Morgan fingerprint density at radius 1 is 0.933 bits per heavy atom. The molecule has 5 heteroatoms. The number of pyridine rings is 1. The molecule has 2 unspecified atom stereocenters. The van der Waals surface area contributed by atoms with Crippen LogP contribution in [0.25, 0.3) is 0 Å². The minimum atomic E-state index is -0.516. The number of rotatable bonds is 10. The van der Waals surface area contributed by atoms with Crippen LogP contribution in [0, 0.1) is 0 Å². The smallest absolute Gasteiger partial charge is 0.407 e. The molecular formula is C25H28N2O3. The highest BCUT2D eigenvalue weighted by Crippen LogP contribution is 2.13.